The Morgan fingerprint density at radius 1 is 1.31 bits per heavy atom. The van der Waals surface area contributed by atoms with Gasteiger partial charge in [-0.15, -0.1) is 0 Å². The summed E-state index contributed by atoms with van der Waals surface area (Å²) < 4.78 is 44.6. The molecule has 0 unspecified atom stereocenters. The highest BCUT2D eigenvalue weighted by atomic mass is 19.3. The highest BCUT2D eigenvalue weighted by Crippen LogP contribution is 2.23. The normalized spacial score (nSPS) is 20.3. The van der Waals surface area contributed by atoms with Crippen molar-refractivity contribution < 1.29 is 22.7 Å². The van der Waals surface area contributed by atoms with Gasteiger partial charge < -0.3 is 14.6 Å². The first-order valence-electron chi connectivity index (χ1n) is 8.17. The maximum atomic E-state index is 14.0. The molecule has 0 aromatic carbocycles. The van der Waals surface area contributed by atoms with E-state index in [2.05, 4.69) is 25.0 Å². The molecule has 0 atom stereocenters. The molecule has 1 saturated carbocycles. The SMILES string of the molecule is Cn1cncc1-c1ncc(F)c(C(=O)N[C@H]2CC[C@H](OC(F)F)CC2)n1. The van der Waals surface area contributed by atoms with Crippen molar-refractivity contribution in [2.45, 2.75) is 44.4 Å². The summed E-state index contributed by atoms with van der Waals surface area (Å²) in [6.07, 6.45) is 5.24. The standard InChI is InChI=1S/C16H18F3N5O2/c1-24-8-20-7-12(24)14-21-6-11(17)13(23-14)15(25)22-9-2-4-10(5-3-9)26-16(18)19/h6-10,16H,2-5H2,1H3,(H,22,25)/t9-,10-. The largest absolute Gasteiger partial charge is 0.348 e. The fourth-order valence-electron chi connectivity index (χ4n) is 2.96. The molecule has 1 aliphatic carbocycles. The lowest BCUT2D eigenvalue weighted by Crippen LogP contribution is -2.40. The number of aromatic nitrogens is 4. The van der Waals surface area contributed by atoms with Crippen LogP contribution in [0.25, 0.3) is 11.5 Å². The highest BCUT2D eigenvalue weighted by molar-refractivity contribution is 5.93. The van der Waals surface area contributed by atoms with Crippen LogP contribution in [0.2, 0.25) is 0 Å². The Balaban J connectivity index is 1.66. The van der Waals surface area contributed by atoms with E-state index in [0.29, 0.717) is 31.4 Å². The van der Waals surface area contributed by atoms with Gasteiger partial charge in [0.2, 0.25) is 0 Å². The third kappa shape index (κ3) is 4.18. The van der Waals surface area contributed by atoms with Crippen molar-refractivity contribution in [3.8, 4) is 11.5 Å². The predicted octanol–water partition coefficient (Wildman–Crippen LogP) is 2.30. The number of carbonyl (C=O) groups is 1. The number of ether oxygens (including phenoxy) is 1. The van der Waals surface area contributed by atoms with Crippen molar-refractivity contribution in [2.24, 2.45) is 7.05 Å². The summed E-state index contributed by atoms with van der Waals surface area (Å²) in [6.45, 7) is -2.80. The zero-order valence-electron chi connectivity index (χ0n) is 14.0. The summed E-state index contributed by atoms with van der Waals surface area (Å²) in [4.78, 5) is 24.2. The second-order valence-electron chi connectivity index (χ2n) is 6.12. The molecule has 2 heterocycles. The van der Waals surface area contributed by atoms with E-state index in [4.69, 9.17) is 0 Å². The summed E-state index contributed by atoms with van der Waals surface area (Å²) >= 11 is 0. The van der Waals surface area contributed by atoms with Crippen LogP contribution in [0.4, 0.5) is 13.2 Å². The second kappa shape index (κ2) is 7.81. The molecule has 2 aromatic heterocycles. The van der Waals surface area contributed by atoms with Crippen LogP contribution in [0.5, 0.6) is 0 Å². The maximum Gasteiger partial charge on any atom is 0.345 e. The highest BCUT2D eigenvalue weighted by Gasteiger charge is 2.26. The molecular weight excluding hydrogens is 351 g/mol. The van der Waals surface area contributed by atoms with Crippen LogP contribution in [0.15, 0.2) is 18.7 Å². The molecule has 0 radical (unpaired) electrons. The Morgan fingerprint density at radius 2 is 2.04 bits per heavy atom. The number of halogens is 3. The number of alkyl halides is 2. The Hall–Kier alpha value is -2.49. The topological polar surface area (TPSA) is 81.9 Å². The molecule has 10 heteroatoms. The average Bonchev–Trinajstić information content (AvgIpc) is 3.02. The third-order valence-corrected chi connectivity index (χ3v) is 4.31. The van der Waals surface area contributed by atoms with Gasteiger partial charge in [0, 0.05) is 13.1 Å². The molecule has 1 amide bonds. The van der Waals surface area contributed by atoms with Crippen LogP contribution < -0.4 is 5.32 Å². The van der Waals surface area contributed by atoms with Crippen LogP contribution in [0.1, 0.15) is 36.2 Å². The molecule has 140 valence electrons. The smallest absolute Gasteiger partial charge is 0.345 e. The fraction of sp³-hybridized carbons (Fsp3) is 0.500. The van der Waals surface area contributed by atoms with Gasteiger partial charge in [0.1, 0.15) is 5.69 Å². The van der Waals surface area contributed by atoms with E-state index in [9.17, 15) is 18.0 Å². The first-order chi connectivity index (χ1) is 12.4. The maximum absolute atomic E-state index is 14.0. The molecule has 26 heavy (non-hydrogen) atoms. The second-order valence-corrected chi connectivity index (χ2v) is 6.12. The number of aryl methyl sites for hydroxylation is 1. The first kappa shape index (κ1) is 18.3. The van der Waals surface area contributed by atoms with Gasteiger partial charge in [-0.2, -0.15) is 8.78 Å². The van der Waals surface area contributed by atoms with Crippen molar-refractivity contribution in [3.63, 3.8) is 0 Å². The molecular formula is C16H18F3N5O2. The van der Waals surface area contributed by atoms with Crippen LogP contribution in [0, 0.1) is 5.82 Å². The van der Waals surface area contributed by atoms with E-state index >= 15 is 0 Å². The number of nitrogens with one attached hydrogen (secondary N) is 1. The molecule has 7 nitrogen and oxygen atoms in total. The van der Waals surface area contributed by atoms with E-state index in [1.807, 2.05) is 0 Å². The molecule has 0 bridgehead atoms. The molecule has 2 aromatic rings. The summed E-state index contributed by atoms with van der Waals surface area (Å²) in [5, 5.41) is 2.70. The molecule has 0 aliphatic heterocycles. The van der Waals surface area contributed by atoms with Gasteiger partial charge in [0.05, 0.1) is 24.8 Å². The molecule has 0 saturated heterocycles. The molecule has 1 N–H and O–H groups in total. The zero-order valence-corrected chi connectivity index (χ0v) is 14.0. The number of imidazole rings is 1. The van der Waals surface area contributed by atoms with Gasteiger partial charge >= 0.3 is 6.61 Å². The Bertz CT molecular complexity index is 775. The van der Waals surface area contributed by atoms with Gasteiger partial charge in [0.25, 0.3) is 5.91 Å². The first-order valence-corrected chi connectivity index (χ1v) is 8.17. The number of rotatable bonds is 5. The van der Waals surface area contributed by atoms with Crippen LogP contribution in [-0.2, 0) is 11.8 Å². The lowest BCUT2D eigenvalue weighted by atomic mass is 9.93. The lowest BCUT2D eigenvalue weighted by Gasteiger charge is -2.28. The summed E-state index contributed by atoms with van der Waals surface area (Å²) in [5.41, 5.74) is 0.186. The quantitative estimate of drug-likeness (QED) is 0.875. The zero-order chi connectivity index (χ0) is 18.7. The van der Waals surface area contributed by atoms with Gasteiger partial charge in [-0.3, -0.25) is 4.79 Å². The predicted molar refractivity (Wildman–Crippen MR) is 84.8 cm³/mol. The Kier molecular flexibility index (Phi) is 5.50. The van der Waals surface area contributed by atoms with Gasteiger partial charge in [0.15, 0.2) is 17.3 Å². The number of hydrogen-bond acceptors (Lipinski definition) is 5. The van der Waals surface area contributed by atoms with E-state index in [-0.39, 0.29) is 17.6 Å². The minimum atomic E-state index is -2.80. The van der Waals surface area contributed by atoms with Crippen molar-refractivity contribution in [1.29, 1.82) is 0 Å². The Labute approximate surface area is 147 Å². The van der Waals surface area contributed by atoms with Crippen molar-refractivity contribution in [3.05, 3.63) is 30.2 Å². The third-order valence-electron chi connectivity index (χ3n) is 4.31. The fourth-order valence-corrected chi connectivity index (χ4v) is 2.96. The number of carbonyl (C=O) groups excluding carboxylic acids is 1. The van der Waals surface area contributed by atoms with Crippen LogP contribution in [-0.4, -0.2) is 44.2 Å². The van der Waals surface area contributed by atoms with Gasteiger partial charge in [-0.05, 0) is 25.7 Å². The summed E-state index contributed by atoms with van der Waals surface area (Å²) in [5.74, 6) is -1.31. The van der Waals surface area contributed by atoms with E-state index in [0.717, 1.165) is 6.20 Å². The molecule has 0 spiro atoms. The lowest BCUT2D eigenvalue weighted by molar-refractivity contribution is -0.170. The minimum Gasteiger partial charge on any atom is -0.348 e. The van der Waals surface area contributed by atoms with Gasteiger partial charge in [-0.25, -0.2) is 19.3 Å². The number of nitrogens with zero attached hydrogens (tertiary/aromatic N) is 4. The minimum absolute atomic E-state index is 0.186. The Morgan fingerprint density at radius 3 is 2.65 bits per heavy atom. The van der Waals surface area contributed by atoms with Crippen molar-refractivity contribution in [2.75, 3.05) is 0 Å². The molecule has 1 fully saturated rings. The molecule has 3 rings (SSSR count). The van der Waals surface area contributed by atoms with E-state index in [1.165, 1.54) is 6.20 Å². The van der Waals surface area contributed by atoms with Crippen molar-refractivity contribution in [1.82, 2.24) is 24.8 Å². The van der Waals surface area contributed by atoms with E-state index < -0.39 is 24.4 Å². The summed E-state index contributed by atoms with van der Waals surface area (Å²) in [6, 6.07) is -0.241. The average molecular weight is 369 g/mol. The van der Waals surface area contributed by atoms with Gasteiger partial charge in [-0.1, -0.05) is 0 Å². The number of hydrogen-bond donors (Lipinski definition) is 1. The van der Waals surface area contributed by atoms with Crippen LogP contribution in [0.3, 0.4) is 0 Å². The van der Waals surface area contributed by atoms with E-state index in [1.54, 1.807) is 17.9 Å². The summed E-state index contributed by atoms with van der Waals surface area (Å²) in [7, 11) is 1.73. The molecule has 1 aliphatic rings. The van der Waals surface area contributed by atoms with Crippen LogP contribution >= 0.6 is 0 Å². The number of amides is 1. The monoisotopic (exact) mass is 369 g/mol. The van der Waals surface area contributed by atoms with Crippen molar-refractivity contribution >= 4 is 5.91 Å².